The molecule has 1 atom stereocenters. The molecule has 0 bridgehead atoms. The van der Waals surface area contributed by atoms with E-state index < -0.39 is 6.10 Å². The van der Waals surface area contributed by atoms with E-state index in [1.807, 2.05) is 44.2 Å². The van der Waals surface area contributed by atoms with Crippen LogP contribution in [0.5, 0.6) is 0 Å². The van der Waals surface area contributed by atoms with E-state index in [-0.39, 0.29) is 0 Å². The Hall–Kier alpha value is -1.65. The predicted molar refractivity (Wildman–Crippen MR) is 76.4 cm³/mol. The zero-order valence-electron chi connectivity index (χ0n) is 10.9. The van der Waals surface area contributed by atoms with E-state index in [1.165, 1.54) is 0 Å². The molecule has 5 heteroatoms. The molecule has 1 heterocycles. The van der Waals surface area contributed by atoms with Crippen LogP contribution in [0.1, 0.15) is 23.1 Å². The Labute approximate surface area is 117 Å². The van der Waals surface area contributed by atoms with Gasteiger partial charge in [0.2, 0.25) is 0 Å². The van der Waals surface area contributed by atoms with Crippen molar-refractivity contribution in [1.82, 2.24) is 9.97 Å². The van der Waals surface area contributed by atoms with Crippen molar-refractivity contribution in [2.24, 2.45) is 0 Å². The standard InChI is InChI=1S/C14H16ClN3O/c1-9-10(2)18-14(13(15)17-9)16-8-12(19)11-6-4-3-5-7-11/h3-7,12,19H,8H2,1-2H3,(H,16,18). The van der Waals surface area contributed by atoms with E-state index in [2.05, 4.69) is 15.3 Å². The number of anilines is 1. The van der Waals surface area contributed by atoms with Gasteiger partial charge in [0, 0.05) is 6.54 Å². The van der Waals surface area contributed by atoms with E-state index in [9.17, 15) is 5.11 Å². The summed E-state index contributed by atoms with van der Waals surface area (Å²) in [4.78, 5) is 8.50. The second-order valence-electron chi connectivity index (χ2n) is 4.34. The number of benzene rings is 1. The monoisotopic (exact) mass is 277 g/mol. The number of aliphatic hydroxyl groups is 1. The van der Waals surface area contributed by atoms with Gasteiger partial charge >= 0.3 is 0 Å². The second-order valence-corrected chi connectivity index (χ2v) is 4.70. The van der Waals surface area contributed by atoms with E-state index >= 15 is 0 Å². The third-order valence-electron chi connectivity index (χ3n) is 2.91. The molecule has 19 heavy (non-hydrogen) atoms. The van der Waals surface area contributed by atoms with Crippen LogP contribution >= 0.6 is 11.6 Å². The molecule has 1 aromatic heterocycles. The van der Waals surface area contributed by atoms with Crippen molar-refractivity contribution in [2.75, 3.05) is 11.9 Å². The van der Waals surface area contributed by atoms with Gasteiger partial charge in [0.1, 0.15) is 0 Å². The van der Waals surface area contributed by atoms with Crippen LogP contribution in [0.2, 0.25) is 5.15 Å². The molecule has 0 fully saturated rings. The average molecular weight is 278 g/mol. The van der Waals surface area contributed by atoms with Gasteiger partial charge in [-0.25, -0.2) is 9.97 Å². The molecule has 1 unspecified atom stereocenters. The summed E-state index contributed by atoms with van der Waals surface area (Å²) in [6.45, 7) is 4.06. The first-order valence-electron chi connectivity index (χ1n) is 6.05. The summed E-state index contributed by atoms with van der Waals surface area (Å²) in [5, 5.41) is 13.4. The lowest BCUT2D eigenvalue weighted by molar-refractivity contribution is 0.191. The zero-order chi connectivity index (χ0) is 13.8. The smallest absolute Gasteiger partial charge is 0.171 e. The number of aromatic nitrogens is 2. The normalized spacial score (nSPS) is 12.2. The molecule has 0 radical (unpaired) electrons. The van der Waals surface area contributed by atoms with E-state index in [1.54, 1.807) is 0 Å². The summed E-state index contributed by atoms with van der Waals surface area (Å²) < 4.78 is 0. The fourth-order valence-corrected chi connectivity index (χ4v) is 1.91. The molecular weight excluding hydrogens is 262 g/mol. The number of aryl methyl sites for hydroxylation is 2. The van der Waals surface area contributed by atoms with Crippen molar-refractivity contribution in [2.45, 2.75) is 20.0 Å². The predicted octanol–water partition coefficient (Wildman–Crippen LogP) is 2.89. The second kappa shape index (κ2) is 5.99. The summed E-state index contributed by atoms with van der Waals surface area (Å²) in [6, 6.07) is 9.44. The zero-order valence-corrected chi connectivity index (χ0v) is 11.6. The number of nitrogens with zero attached hydrogens (tertiary/aromatic N) is 2. The van der Waals surface area contributed by atoms with Gasteiger partial charge in [0.15, 0.2) is 11.0 Å². The maximum Gasteiger partial charge on any atom is 0.171 e. The van der Waals surface area contributed by atoms with Crippen LogP contribution in [0.3, 0.4) is 0 Å². The first-order valence-corrected chi connectivity index (χ1v) is 6.43. The van der Waals surface area contributed by atoms with Crippen LogP contribution in [-0.4, -0.2) is 21.6 Å². The molecule has 0 saturated carbocycles. The molecule has 2 rings (SSSR count). The Morgan fingerprint density at radius 3 is 2.47 bits per heavy atom. The number of hydrogen-bond donors (Lipinski definition) is 2. The molecule has 0 aliphatic rings. The first kappa shape index (κ1) is 13.8. The van der Waals surface area contributed by atoms with Gasteiger partial charge in [0.05, 0.1) is 17.5 Å². The molecule has 0 amide bonds. The molecule has 0 saturated heterocycles. The fraction of sp³-hybridized carbons (Fsp3) is 0.286. The Kier molecular flexibility index (Phi) is 4.35. The number of hydrogen-bond acceptors (Lipinski definition) is 4. The molecule has 2 aromatic rings. The van der Waals surface area contributed by atoms with Crippen LogP contribution in [0.25, 0.3) is 0 Å². The van der Waals surface area contributed by atoms with Gasteiger partial charge in [0.25, 0.3) is 0 Å². The summed E-state index contributed by atoms with van der Waals surface area (Å²) >= 11 is 6.01. The Bertz CT molecular complexity index is 560. The minimum absolute atomic E-state index is 0.323. The number of aliphatic hydroxyl groups excluding tert-OH is 1. The lowest BCUT2D eigenvalue weighted by Gasteiger charge is -2.14. The molecule has 1 aromatic carbocycles. The van der Waals surface area contributed by atoms with Gasteiger partial charge in [-0.05, 0) is 19.4 Å². The highest BCUT2D eigenvalue weighted by Gasteiger charge is 2.10. The third kappa shape index (κ3) is 3.43. The maximum absolute atomic E-state index is 10.0. The van der Waals surface area contributed by atoms with Crippen molar-refractivity contribution >= 4 is 17.4 Å². The number of halogens is 1. The van der Waals surface area contributed by atoms with Crippen LogP contribution in [0.4, 0.5) is 5.82 Å². The summed E-state index contributed by atoms with van der Waals surface area (Å²) in [5.41, 5.74) is 2.48. The average Bonchev–Trinajstić information content (AvgIpc) is 2.42. The minimum Gasteiger partial charge on any atom is -0.387 e. The Morgan fingerprint density at radius 1 is 1.16 bits per heavy atom. The van der Waals surface area contributed by atoms with Crippen LogP contribution in [0.15, 0.2) is 30.3 Å². The van der Waals surface area contributed by atoms with Crippen LogP contribution in [-0.2, 0) is 0 Å². The molecular formula is C14H16ClN3O. The molecule has 2 N–H and O–H groups in total. The SMILES string of the molecule is Cc1nc(Cl)c(NCC(O)c2ccccc2)nc1C. The highest BCUT2D eigenvalue weighted by molar-refractivity contribution is 6.31. The summed E-state index contributed by atoms with van der Waals surface area (Å²) in [6.07, 6.45) is -0.610. The largest absolute Gasteiger partial charge is 0.387 e. The highest BCUT2D eigenvalue weighted by atomic mass is 35.5. The van der Waals surface area contributed by atoms with Crippen molar-refractivity contribution in [3.63, 3.8) is 0 Å². The summed E-state index contributed by atoms with van der Waals surface area (Å²) in [7, 11) is 0. The molecule has 0 spiro atoms. The lowest BCUT2D eigenvalue weighted by atomic mass is 10.1. The molecule has 0 aliphatic carbocycles. The number of nitrogens with one attached hydrogen (secondary N) is 1. The lowest BCUT2D eigenvalue weighted by Crippen LogP contribution is -2.14. The van der Waals surface area contributed by atoms with Crippen molar-refractivity contribution in [1.29, 1.82) is 0 Å². The highest BCUT2D eigenvalue weighted by Crippen LogP contribution is 2.20. The van der Waals surface area contributed by atoms with E-state index in [0.717, 1.165) is 17.0 Å². The van der Waals surface area contributed by atoms with Crippen LogP contribution in [0, 0.1) is 13.8 Å². The van der Waals surface area contributed by atoms with Gasteiger partial charge in [-0.3, -0.25) is 0 Å². The van der Waals surface area contributed by atoms with E-state index in [0.29, 0.717) is 17.5 Å². The van der Waals surface area contributed by atoms with E-state index in [4.69, 9.17) is 11.6 Å². The number of rotatable bonds is 4. The quantitative estimate of drug-likeness (QED) is 0.902. The molecule has 0 aliphatic heterocycles. The minimum atomic E-state index is -0.610. The topological polar surface area (TPSA) is 58.0 Å². The molecule has 100 valence electrons. The molecule has 4 nitrogen and oxygen atoms in total. The van der Waals surface area contributed by atoms with Crippen molar-refractivity contribution in [3.8, 4) is 0 Å². The Balaban J connectivity index is 2.05. The summed E-state index contributed by atoms with van der Waals surface area (Å²) in [5.74, 6) is 0.500. The van der Waals surface area contributed by atoms with Gasteiger partial charge in [-0.2, -0.15) is 0 Å². The van der Waals surface area contributed by atoms with Crippen molar-refractivity contribution in [3.05, 3.63) is 52.4 Å². The van der Waals surface area contributed by atoms with Gasteiger partial charge in [-0.15, -0.1) is 0 Å². The fourth-order valence-electron chi connectivity index (χ4n) is 1.67. The Morgan fingerprint density at radius 2 is 1.79 bits per heavy atom. The first-order chi connectivity index (χ1) is 9.08. The van der Waals surface area contributed by atoms with Gasteiger partial charge in [-0.1, -0.05) is 41.9 Å². The third-order valence-corrected chi connectivity index (χ3v) is 3.18. The van der Waals surface area contributed by atoms with Crippen molar-refractivity contribution < 1.29 is 5.11 Å². The maximum atomic E-state index is 10.0. The van der Waals surface area contributed by atoms with Crippen LogP contribution < -0.4 is 5.32 Å². The van der Waals surface area contributed by atoms with Gasteiger partial charge < -0.3 is 10.4 Å².